The molecule has 3 rings (SSSR count). The van der Waals surface area contributed by atoms with Crippen LogP contribution in [0, 0.1) is 0 Å². The number of ether oxygens (including phenoxy) is 1. The van der Waals surface area contributed by atoms with Gasteiger partial charge in [0.05, 0.1) is 12.2 Å². The summed E-state index contributed by atoms with van der Waals surface area (Å²) >= 11 is 0. The molecule has 0 aromatic carbocycles. The minimum absolute atomic E-state index is 0.0476. The molecule has 1 amide bonds. The molecule has 0 bridgehead atoms. The van der Waals surface area contributed by atoms with Crippen molar-refractivity contribution < 1.29 is 9.53 Å². The van der Waals surface area contributed by atoms with E-state index in [1.54, 1.807) is 6.33 Å². The number of nitrogens with one attached hydrogen (secondary N) is 1. The maximum absolute atomic E-state index is 11.7. The molecular formula is C14H20N4O2. The highest BCUT2D eigenvalue weighted by atomic mass is 16.5. The number of fused-ring (bicyclic) bond motifs is 1. The van der Waals surface area contributed by atoms with Crippen molar-refractivity contribution in [1.82, 2.24) is 20.2 Å². The van der Waals surface area contributed by atoms with E-state index in [0.717, 1.165) is 43.7 Å². The standard InChI is InChI=1S/C14H20N4O2/c1-2-13(19)18-6-4-10(8-18)20-14-11-7-15-5-3-12(11)16-9-17-14/h9-10,15H,2-8H2,1H3. The first-order valence-electron chi connectivity index (χ1n) is 7.25. The van der Waals surface area contributed by atoms with Gasteiger partial charge in [0.15, 0.2) is 0 Å². The molecule has 1 unspecified atom stereocenters. The van der Waals surface area contributed by atoms with Crippen LogP contribution in [-0.4, -0.2) is 46.5 Å². The molecule has 0 aliphatic carbocycles. The highest BCUT2D eigenvalue weighted by molar-refractivity contribution is 5.76. The van der Waals surface area contributed by atoms with Gasteiger partial charge >= 0.3 is 0 Å². The number of aromatic nitrogens is 2. The summed E-state index contributed by atoms with van der Waals surface area (Å²) in [4.78, 5) is 22.1. The summed E-state index contributed by atoms with van der Waals surface area (Å²) in [5, 5.41) is 3.32. The number of rotatable bonds is 3. The molecule has 1 fully saturated rings. The van der Waals surface area contributed by atoms with E-state index in [-0.39, 0.29) is 12.0 Å². The summed E-state index contributed by atoms with van der Waals surface area (Å²) in [6.07, 6.45) is 3.96. The Morgan fingerprint density at radius 2 is 2.45 bits per heavy atom. The molecule has 0 saturated carbocycles. The molecule has 1 aromatic rings. The number of carbonyl (C=O) groups is 1. The average Bonchev–Trinajstić information content (AvgIpc) is 2.95. The van der Waals surface area contributed by atoms with Crippen LogP contribution in [0.3, 0.4) is 0 Å². The van der Waals surface area contributed by atoms with Gasteiger partial charge < -0.3 is 15.0 Å². The molecule has 0 radical (unpaired) electrons. The molecule has 1 saturated heterocycles. The van der Waals surface area contributed by atoms with E-state index in [4.69, 9.17) is 4.74 Å². The van der Waals surface area contributed by atoms with Crippen LogP contribution < -0.4 is 10.1 Å². The summed E-state index contributed by atoms with van der Waals surface area (Å²) < 4.78 is 6.01. The number of likely N-dealkylation sites (tertiary alicyclic amines) is 1. The molecular weight excluding hydrogens is 256 g/mol. The molecule has 20 heavy (non-hydrogen) atoms. The van der Waals surface area contributed by atoms with Crippen LogP contribution in [0.25, 0.3) is 0 Å². The van der Waals surface area contributed by atoms with Gasteiger partial charge in [-0.1, -0.05) is 6.92 Å². The van der Waals surface area contributed by atoms with Crippen molar-refractivity contribution in [3.05, 3.63) is 17.6 Å². The lowest BCUT2D eigenvalue weighted by Gasteiger charge is -2.21. The lowest BCUT2D eigenvalue weighted by molar-refractivity contribution is -0.130. The molecule has 1 atom stereocenters. The normalized spacial score (nSPS) is 21.6. The van der Waals surface area contributed by atoms with E-state index in [2.05, 4.69) is 15.3 Å². The Morgan fingerprint density at radius 1 is 1.55 bits per heavy atom. The zero-order valence-corrected chi connectivity index (χ0v) is 11.8. The molecule has 1 aromatic heterocycles. The fourth-order valence-electron chi connectivity index (χ4n) is 2.78. The van der Waals surface area contributed by atoms with Crippen molar-refractivity contribution in [3.8, 4) is 5.88 Å². The van der Waals surface area contributed by atoms with Crippen LogP contribution in [0.4, 0.5) is 0 Å². The van der Waals surface area contributed by atoms with Crippen molar-refractivity contribution in [3.63, 3.8) is 0 Å². The number of hydrogen-bond donors (Lipinski definition) is 1. The van der Waals surface area contributed by atoms with Gasteiger partial charge in [0.2, 0.25) is 11.8 Å². The van der Waals surface area contributed by atoms with Crippen LogP contribution in [0.15, 0.2) is 6.33 Å². The second-order valence-corrected chi connectivity index (χ2v) is 5.25. The first-order chi connectivity index (χ1) is 9.78. The first-order valence-corrected chi connectivity index (χ1v) is 7.25. The first kappa shape index (κ1) is 13.3. The SMILES string of the molecule is CCC(=O)N1CCC(Oc2ncnc3c2CNCC3)C1. The van der Waals surface area contributed by atoms with Gasteiger partial charge in [0.25, 0.3) is 0 Å². The Morgan fingerprint density at radius 3 is 3.30 bits per heavy atom. The topological polar surface area (TPSA) is 67.4 Å². The average molecular weight is 276 g/mol. The number of amides is 1. The third-order valence-corrected chi connectivity index (χ3v) is 3.91. The Hall–Kier alpha value is -1.69. The van der Waals surface area contributed by atoms with E-state index in [1.807, 2.05) is 11.8 Å². The minimum Gasteiger partial charge on any atom is -0.472 e. The fraction of sp³-hybridized carbons (Fsp3) is 0.643. The van der Waals surface area contributed by atoms with Crippen LogP contribution >= 0.6 is 0 Å². The van der Waals surface area contributed by atoms with Crippen molar-refractivity contribution in [2.24, 2.45) is 0 Å². The smallest absolute Gasteiger partial charge is 0.222 e. The van der Waals surface area contributed by atoms with Gasteiger partial charge in [-0.15, -0.1) is 0 Å². The largest absolute Gasteiger partial charge is 0.472 e. The summed E-state index contributed by atoms with van der Waals surface area (Å²) in [6.45, 7) is 5.05. The molecule has 6 nitrogen and oxygen atoms in total. The quantitative estimate of drug-likeness (QED) is 0.871. The second-order valence-electron chi connectivity index (χ2n) is 5.25. The van der Waals surface area contributed by atoms with Gasteiger partial charge in [0, 0.05) is 44.5 Å². The maximum Gasteiger partial charge on any atom is 0.222 e. The predicted molar refractivity (Wildman–Crippen MR) is 73.3 cm³/mol. The highest BCUT2D eigenvalue weighted by Gasteiger charge is 2.28. The summed E-state index contributed by atoms with van der Waals surface area (Å²) in [5.41, 5.74) is 2.15. The Labute approximate surface area is 118 Å². The van der Waals surface area contributed by atoms with Crippen molar-refractivity contribution >= 4 is 5.91 Å². The van der Waals surface area contributed by atoms with Gasteiger partial charge in [-0.2, -0.15) is 0 Å². The Bertz CT molecular complexity index is 506. The molecule has 6 heteroatoms. The van der Waals surface area contributed by atoms with Crippen molar-refractivity contribution in [1.29, 1.82) is 0 Å². The third kappa shape index (κ3) is 2.60. The maximum atomic E-state index is 11.7. The van der Waals surface area contributed by atoms with E-state index >= 15 is 0 Å². The lowest BCUT2D eigenvalue weighted by atomic mass is 10.1. The van der Waals surface area contributed by atoms with Gasteiger partial charge in [-0.3, -0.25) is 4.79 Å². The monoisotopic (exact) mass is 276 g/mol. The second kappa shape index (κ2) is 5.75. The molecule has 3 heterocycles. The fourth-order valence-corrected chi connectivity index (χ4v) is 2.78. The van der Waals surface area contributed by atoms with Crippen molar-refractivity contribution in [2.75, 3.05) is 19.6 Å². The highest BCUT2D eigenvalue weighted by Crippen LogP contribution is 2.24. The van der Waals surface area contributed by atoms with E-state index in [0.29, 0.717) is 18.8 Å². The number of carbonyl (C=O) groups excluding carboxylic acids is 1. The van der Waals surface area contributed by atoms with E-state index in [1.165, 1.54) is 0 Å². The van der Waals surface area contributed by atoms with Crippen LogP contribution in [0.5, 0.6) is 5.88 Å². The van der Waals surface area contributed by atoms with E-state index in [9.17, 15) is 4.79 Å². The molecule has 108 valence electrons. The summed E-state index contributed by atoms with van der Waals surface area (Å²) in [5.74, 6) is 0.875. The molecule has 1 N–H and O–H groups in total. The van der Waals surface area contributed by atoms with Crippen molar-refractivity contribution in [2.45, 2.75) is 38.8 Å². The molecule has 2 aliphatic rings. The number of nitrogens with zero attached hydrogens (tertiary/aromatic N) is 3. The van der Waals surface area contributed by atoms with E-state index < -0.39 is 0 Å². The zero-order chi connectivity index (χ0) is 13.9. The van der Waals surface area contributed by atoms with Gasteiger partial charge in [-0.05, 0) is 0 Å². The lowest BCUT2D eigenvalue weighted by Crippen LogP contribution is -2.31. The minimum atomic E-state index is 0.0476. The Kier molecular flexibility index (Phi) is 3.82. The third-order valence-electron chi connectivity index (χ3n) is 3.91. The Balaban J connectivity index is 1.69. The summed E-state index contributed by atoms with van der Waals surface area (Å²) in [6, 6.07) is 0. The predicted octanol–water partition coefficient (Wildman–Crippen LogP) is 0.512. The van der Waals surface area contributed by atoms with Crippen LogP contribution in [0.1, 0.15) is 31.0 Å². The number of hydrogen-bond acceptors (Lipinski definition) is 5. The summed E-state index contributed by atoms with van der Waals surface area (Å²) in [7, 11) is 0. The van der Waals surface area contributed by atoms with Crippen LogP contribution in [-0.2, 0) is 17.8 Å². The van der Waals surface area contributed by atoms with Gasteiger partial charge in [0.1, 0.15) is 12.4 Å². The molecule has 2 aliphatic heterocycles. The van der Waals surface area contributed by atoms with Gasteiger partial charge in [-0.25, -0.2) is 9.97 Å². The molecule has 0 spiro atoms. The zero-order valence-electron chi connectivity index (χ0n) is 11.8. The van der Waals surface area contributed by atoms with Crippen LogP contribution in [0.2, 0.25) is 0 Å².